The van der Waals surface area contributed by atoms with Crippen molar-refractivity contribution in [2.45, 2.75) is 32.2 Å². The van der Waals surface area contributed by atoms with Gasteiger partial charge in [0.1, 0.15) is 11.5 Å². The maximum atomic E-state index is 13.3. The summed E-state index contributed by atoms with van der Waals surface area (Å²) in [6.07, 6.45) is 0. The molecule has 1 fully saturated rings. The van der Waals surface area contributed by atoms with Crippen LogP contribution in [0.4, 0.5) is 5.69 Å². The van der Waals surface area contributed by atoms with Crippen molar-refractivity contribution in [1.29, 1.82) is 0 Å². The van der Waals surface area contributed by atoms with Crippen LogP contribution in [0.5, 0.6) is 5.75 Å². The van der Waals surface area contributed by atoms with Crippen LogP contribution in [0.15, 0.2) is 78.4 Å². The Morgan fingerprint density at radius 2 is 1.62 bits per heavy atom. The molecule has 0 saturated carbocycles. The normalized spacial score (nSPS) is 17.8. The molecule has 1 aliphatic rings. The van der Waals surface area contributed by atoms with Gasteiger partial charge in [0.15, 0.2) is 0 Å². The number of aliphatic hydroxyl groups excluding tert-OH is 1. The lowest BCUT2D eigenvalue weighted by Crippen LogP contribution is -2.29. The lowest BCUT2D eigenvalue weighted by molar-refractivity contribution is -0.132. The van der Waals surface area contributed by atoms with Gasteiger partial charge in [-0.3, -0.25) is 14.5 Å². The first kappa shape index (κ1) is 23.6. The Labute approximate surface area is 204 Å². The third kappa shape index (κ3) is 4.19. The maximum Gasteiger partial charge on any atom is 0.300 e. The quantitative estimate of drug-likeness (QED) is 0.274. The number of anilines is 1. The summed E-state index contributed by atoms with van der Waals surface area (Å²) in [4.78, 5) is 27.9. The highest BCUT2D eigenvalue weighted by molar-refractivity contribution is 6.51. The molecule has 1 saturated heterocycles. The molecule has 3 aromatic carbocycles. The van der Waals surface area contributed by atoms with Gasteiger partial charge >= 0.3 is 0 Å². The number of hydrogen-bond acceptors (Lipinski definition) is 4. The number of ketones is 1. The van der Waals surface area contributed by atoms with Crippen LogP contribution >= 0.6 is 11.6 Å². The molecule has 4 rings (SSSR count). The van der Waals surface area contributed by atoms with Crippen molar-refractivity contribution >= 4 is 34.7 Å². The molecule has 3 aromatic rings. The average Bonchev–Trinajstić information content (AvgIpc) is 3.09. The molecule has 1 N–H and O–H groups in total. The van der Waals surface area contributed by atoms with E-state index in [4.69, 9.17) is 16.3 Å². The first-order valence-electron chi connectivity index (χ1n) is 10.9. The molecular weight excluding hydrogens is 450 g/mol. The largest absolute Gasteiger partial charge is 0.507 e. The molecule has 5 nitrogen and oxygen atoms in total. The van der Waals surface area contributed by atoms with E-state index in [0.29, 0.717) is 17.0 Å². The number of ether oxygens (including phenoxy) is 1. The summed E-state index contributed by atoms with van der Waals surface area (Å²) in [5.74, 6) is -1.29. The number of para-hydroxylation sites is 1. The minimum Gasteiger partial charge on any atom is -0.507 e. The van der Waals surface area contributed by atoms with E-state index in [1.54, 1.807) is 36.4 Å². The molecule has 0 spiro atoms. The Balaban J connectivity index is 1.92. The van der Waals surface area contributed by atoms with Gasteiger partial charge in [-0.2, -0.15) is 0 Å². The highest BCUT2D eigenvalue weighted by Crippen LogP contribution is 2.43. The summed E-state index contributed by atoms with van der Waals surface area (Å²) >= 11 is 6.26. The van der Waals surface area contributed by atoms with E-state index in [9.17, 15) is 14.7 Å². The second kappa shape index (κ2) is 8.99. The number of rotatable bonds is 4. The minimum atomic E-state index is -0.794. The van der Waals surface area contributed by atoms with Gasteiger partial charge in [0.05, 0.1) is 23.7 Å². The zero-order chi connectivity index (χ0) is 24.6. The smallest absolute Gasteiger partial charge is 0.300 e. The van der Waals surface area contributed by atoms with Crippen LogP contribution in [0.1, 0.15) is 43.5 Å². The van der Waals surface area contributed by atoms with Crippen molar-refractivity contribution in [1.82, 2.24) is 0 Å². The molecule has 0 radical (unpaired) electrons. The molecule has 1 amide bonds. The highest BCUT2D eigenvalue weighted by Gasteiger charge is 2.47. The van der Waals surface area contributed by atoms with Crippen molar-refractivity contribution in [3.8, 4) is 5.75 Å². The topological polar surface area (TPSA) is 66.8 Å². The van der Waals surface area contributed by atoms with Gasteiger partial charge in [0.25, 0.3) is 11.7 Å². The van der Waals surface area contributed by atoms with Crippen molar-refractivity contribution < 1.29 is 19.4 Å². The predicted octanol–water partition coefficient (Wildman–Crippen LogP) is 6.27. The zero-order valence-corrected chi connectivity index (χ0v) is 20.3. The van der Waals surface area contributed by atoms with Crippen LogP contribution in [-0.2, 0) is 15.0 Å². The number of halogens is 1. The van der Waals surface area contributed by atoms with Gasteiger partial charge in [-0.05, 0) is 46.9 Å². The molecule has 0 bridgehead atoms. The molecule has 34 heavy (non-hydrogen) atoms. The Morgan fingerprint density at radius 3 is 2.18 bits per heavy atom. The Kier molecular flexibility index (Phi) is 6.24. The van der Waals surface area contributed by atoms with Gasteiger partial charge in [-0.15, -0.1) is 0 Å². The average molecular weight is 476 g/mol. The molecule has 6 heteroatoms. The second-order valence-corrected chi connectivity index (χ2v) is 9.63. The number of methoxy groups -OCH3 is 1. The van der Waals surface area contributed by atoms with Crippen LogP contribution in [0, 0.1) is 0 Å². The van der Waals surface area contributed by atoms with Crippen LogP contribution in [0.3, 0.4) is 0 Å². The third-order valence-electron chi connectivity index (χ3n) is 6.00. The summed E-state index contributed by atoms with van der Waals surface area (Å²) in [6.45, 7) is 6.35. The minimum absolute atomic E-state index is 0.0126. The summed E-state index contributed by atoms with van der Waals surface area (Å²) in [7, 11) is 1.49. The Hall–Kier alpha value is -3.57. The van der Waals surface area contributed by atoms with Crippen molar-refractivity contribution in [2.75, 3.05) is 12.0 Å². The molecule has 0 aliphatic carbocycles. The van der Waals surface area contributed by atoms with E-state index < -0.39 is 17.7 Å². The van der Waals surface area contributed by atoms with Crippen molar-refractivity contribution in [2.24, 2.45) is 0 Å². The summed E-state index contributed by atoms with van der Waals surface area (Å²) < 4.78 is 5.19. The van der Waals surface area contributed by atoms with E-state index >= 15 is 0 Å². The number of aliphatic hydroxyl groups is 1. The fraction of sp³-hybridized carbons (Fsp3) is 0.214. The van der Waals surface area contributed by atoms with E-state index in [-0.39, 0.29) is 21.8 Å². The zero-order valence-electron chi connectivity index (χ0n) is 19.5. The summed E-state index contributed by atoms with van der Waals surface area (Å²) in [6, 6.07) is 20.7. The summed E-state index contributed by atoms with van der Waals surface area (Å²) in [5, 5.41) is 11.5. The van der Waals surface area contributed by atoms with Crippen LogP contribution < -0.4 is 9.64 Å². The maximum absolute atomic E-state index is 13.3. The van der Waals surface area contributed by atoms with Gasteiger partial charge in [0, 0.05) is 11.3 Å². The van der Waals surface area contributed by atoms with E-state index in [2.05, 4.69) is 20.8 Å². The van der Waals surface area contributed by atoms with Crippen molar-refractivity contribution in [3.63, 3.8) is 0 Å². The number of hydrogen-bond donors (Lipinski definition) is 1. The third-order valence-corrected chi connectivity index (χ3v) is 6.29. The molecule has 1 unspecified atom stereocenters. The Bertz CT molecular complexity index is 1270. The number of nitrogens with zero attached hydrogens (tertiary/aromatic N) is 1. The molecule has 174 valence electrons. The highest BCUT2D eigenvalue weighted by atomic mass is 35.5. The van der Waals surface area contributed by atoms with E-state index in [0.717, 1.165) is 11.1 Å². The predicted molar refractivity (Wildman–Crippen MR) is 134 cm³/mol. The lowest BCUT2D eigenvalue weighted by Gasteiger charge is -2.26. The molecule has 1 atom stereocenters. The SMILES string of the molecule is COc1ccc(/C(O)=C2/C(=O)C(=O)N(c3ccccc3)C2c2ccc(C(C)(C)C)cc2)cc1Cl. The molecular formula is C28H26ClNO4. The number of benzene rings is 3. The van der Waals surface area contributed by atoms with E-state index in [1.165, 1.54) is 18.1 Å². The van der Waals surface area contributed by atoms with Gasteiger partial charge < -0.3 is 9.84 Å². The van der Waals surface area contributed by atoms with Crippen molar-refractivity contribution in [3.05, 3.63) is 100 Å². The Morgan fingerprint density at radius 1 is 0.971 bits per heavy atom. The molecule has 1 heterocycles. The van der Waals surface area contributed by atoms with Crippen LogP contribution in [-0.4, -0.2) is 23.9 Å². The first-order chi connectivity index (χ1) is 16.1. The number of amides is 1. The molecule has 0 aromatic heterocycles. The van der Waals surface area contributed by atoms with Crippen LogP contribution in [0.2, 0.25) is 5.02 Å². The number of carbonyl (C=O) groups excluding carboxylic acids is 2. The van der Waals surface area contributed by atoms with Gasteiger partial charge in [-0.25, -0.2) is 0 Å². The van der Waals surface area contributed by atoms with Gasteiger partial charge in [0.2, 0.25) is 0 Å². The van der Waals surface area contributed by atoms with E-state index in [1.807, 2.05) is 30.3 Å². The van der Waals surface area contributed by atoms with Crippen LogP contribution in [0.25, 0.3) is 5.76 Å². The van der Waals surface area contributed by atoms with Gasteiger partial charge in [-0.1, -0.05) is 74.8 Å². The fourth-order valence-electron chi connectivity index (χ4n) is 4.14. The monoisotopic (exact) mass is 475 g/mol. The lowest BCUT2D eigenvalue weighted by atomic mass is 9.85. The second-order valence-electron chi connectivity index (χ2n) is 9.23. The standard InChI is InChI=1S/C28H26ClNO4/c1-28(2,3)19-13-10-17(11-14-19)24-23(25(31)18-12-15-22(34-4)21(29)16-18)26(32)27(33)30(24)20-8-6-5-7-9-20/h5-16,24,31H,1-4H3/b25-23-. The molecule has 1 aliphatic heterocycles. The fourth-order valence-corrected chi connectivity index (χ4v) is 4.40. The number of carbonyl (C=O) groups is 2. The summed E-state index contributed by atoms with van der Waals surface area (Å²) in [5.41, 5.74) is 2.69. The first-order valence-corrected chi connectivity index (χ1v) is 11.3. The number of Topliss-reactive ketones (excluding diaryl/α,β-unsaturated/α-hetero) is 1.